The highest BCUT2D eigenvalue weighted by Gasteiger charge is 2.36. The molecule has 21 heavy (non-hydrogen) atoms. The van der Waals surface area contributed by atoms with Crippen molar-refractivity contribution in [3.8, 4) is 5.75 Å². The quantitative estimate of drug-likeness (QED) is 0.841. The maximum atomic E-state index is 13.6. The highest BCUT2D eigenvalue weighted by atomic mass is 19.1. The van der Waals surface area contributed by atoms with E-state index in [0.29, 0.717) is 23.8 Å². The highest BCUT2D eigenvalue weighted by molar-refractivity contribution is 5.69. The smallest absolute Gasteiger partial charge is 0.167 e. The first kappa shape index (κ1) is 14.4. The molecule has 3 rings (SSSR count). The lowest BCUT2D eigenvalue weighted by Gasteiger charge is -2.47. The number of nitrogens with two attached hydrogens (primary N) is 1. The van der Waals surface area contributed by atoms with Crippen LogP contribution in [0.2, 0.25) is 0 Å². The van der Waals surface area contributed by atoms with Crippen LogP contribution in [0.15, 0.2) is 12.1 Å². The molecule has 0 aromatic heterocycles. The van der Waals surface area contributed by atoms with Crippen molar-refractivity contribution >= 4 is 11.4 Å². The Balaban J connectivity index is 1.75. The molecule has 0 radical (unpaired) electrons. The number of rotatable bonds is 3. The number of hydrogen-bond acceptors (Lipinski definition) is 4. The summed E-state index contributed by atoms with van der Waals surface area (Å²) in [5, 5.41) is 3.50. The van der Waals surface area contributed by atoms with E-state index in [9.17, 15) is 4.39 Å². The molecule has 2 aliphatic rings. The Hall–Kier alpha value is -1.49. The molecule has 2 unspecified atom stereocenters. The van der Waals surface area contributed by atoms with Gasteiger partial charge in [0, 0.05) is 30.3 Å². The minimum Gasteiger partial charge on any atom is -0.494 e. The lowest BCUT2D eigenvalue weighted by molar-refractivity contribution is 0.0608. The largest absolute Gasteiger partial charge is 0.494 e. The molecule has 4 nitrogen and oxygen atoms in total. The lowest BCUT2D eigenvalue weighted by Crippen LogP contribution is -2.52. The third-order valence-corrected chi connectivity index (χ3v) is 5.02. The zero-order valence-corrected chi connectivity index (χ0v) is 12.7. The second-order valence-electron chi connectivity index (χ2n) is 6.29. The molecular formula is C16H24FN3O. The van der Waals surface area contributed by atoms with Gasteiger partial charge in [0.2, 0.25) is 0 Å². The minimum absolute atomic E-state index is 0.236. The van der Waals surface area contributed by atoms with E-state index >= 15 is 0 Å². The summed E-state index contributed by atoms with van der Waals surface area (Å²) in [7, 11) is 3.71. The van der Waals surface area contributed by atoms with E-state index in [1.165, 1.54) is 32.4 Å². The molecule has 0 amide bonds. The van der Waals surface area contributed by atoms with Crippen LogP contribution in [0, 0.1) is 5.82 Å². The molecule has 2 aliphatic heterocycles. The first-order chi connectivity index (χ1) is 10.1. The molecule has 2 bridgehead atoms. The summed E-state index contributed by atoms with van der Waals surface area (Å²) in [6.45, 7) is 0. The third-order valence-electron chi connectivity index (χ3n) is 5.02. The fourth-order valence-electron chi connectivity index (χ4n) is 3.80. The predicted molar refractivity (Wildman–Crippen MR) is 83.2 cm³/mol. The summed E-state index contributed by atoms with van der Waals surface area (Å²) < 4.78 is 18.7. The van der Waals surface area contributed by atoms with Gasteiger partial charge in [0.05, 0.1) is 18.5 Å². The molecule has 5 heteroatoms. The number of hydrogen-bond donors (Lipinski definition) is 2. The number of halogens is 1. The first-order valence-corrected chi connectivity index (χ1v) is 7.70. The number of piperidine rings is 2. The van der Waals surface area contributed by atoms with Crippen molar-refractivity contribution in [1.29, 1.82) is 0 Å². The van der Waals surface area contributed by atoms with Crippen molar-refractivity contribution < 1.29 is 9.13 Å². The number of nitrogen functional groups attached to an aromatic ring is 1. The van der Waals surface area contributed by atoms with Crippen molar-refractivity contribution in [2.45, 2.75) is 50.2 Å². The van der Waals surface area contributed by atoms with Gasteiger partial charge >= 0.3 is 0 Å². The Labute approximate surface area is 125 Å². The first-order valence-electron chi connectivity index (χ1n) is 7.70. The Morgan fingerprint density at radius 1 is 1.29 bits per heavy atom. The minimum atomic E-state index is -0.416. The van der Waals surface area contributed by atoms with E-state index < -0.39 is 5.82 Å². The summed E-state index contributed by atoms with van der Waals surface area (Å²) >= 11 is 0. The fraction of sp³-hybridized carbons (Fsp3) is 0.625. The average molecular weight is 293 g/mol. The molecule has 2 atom stereocenters. The highest BCUT2D eigenvalue weighted by Crippen LogP contribution is 2.35. The fourth-order valence-corrected chi connectivity index (χ4v) is 3.80. The molecule has 0 spiro atoms. The number of methoxy groups -OCH3 is 1. The standard InChI is InChI=1S/C16H24FN3O/c1-20-11-4-3-5-12(20)7-10(6-11)19-15-9-16(21-2)13(17)8-14(15)18/h8-12,19H,3-7,18H2,1-2H3. The summed E-state index contributed by atoms with van der Waals surface area (Å²) in [6, 6.07) is 4.70. The molecule has 0 aliphatic carbocycles. The van der Waals surface area contributed by atoms with Gasteiger partial charge in [-0.15, -0.1) is 0 Å². The lowest BCUT2D eigenvalue weighted by atomic mass is 9.82. The van der Waals surface area contributed by atoms with E-state index in [1.54, 1.807) is 6.07 Å². The summed E-state index contributed by atoms with van der Waals surface area (Å²) in [6.07, 6.45) is 6.11. The normalized spacial score (nSPS) is 29.2. The third kappa shape index (κ3) is 2.79. The predicted octanol–water partition coefficient (Wildman–Crippen LogP) is 2.84. The van der Waals surface area contributed by atoms with Crippen molar-refractivity contribution in [3.05, 3.63) is 17.9 Å². The second-order valence-corrected chi connectivity index (χ2v) is 6.29. The number of benzene rings is 1. The molecule has 0 saturated carbocycles. The second kappa shape index (κ2) is 5.72. The number of nitrogens with zero attached hydrogens (tertiary/aromatic N) is 1. The SMILES string of the molecule is COc1cc(NC2CC3CCCC(C2)N3C)c(N)cc1F. The van der Waals surface area contributed by atoms with Gasteiger partial charge in [-0.3, -0.25) is 0 Å². The van der Waals surface area contributed by atoms with Crippen molar-refractivity contribution in [2.75, 3.05) is 25.2 Å². The van der Waals surface area contributed by atoms with Gasteiger partial charge in [0.1, 0.15) is 0 Å². The molecule has 1 aromatic rings. The molecule has 1 aromatic carbocycles. The Morgan fingerprint density at radius 3 is 2.57 bits per heavy atom. The maximum absolute atomic E-state index is 13.6. The number of anilines is 2. The molecule has 2 saturated heterocycles. The van der Waals surface area contributed by atoms with Crippen LogP contribution in [0.3, 0.4) is 0 Å². The average Bonchev–Trinajstić information content (AvgIpc) is 2.43. The van der Waals surface area contributed by atoms with Crippen LogP contribution < -0.4 is 15.8 Å². The van der Waals surface area contributed by atoms with Crippen LogP contribution in [0.25, 0.3) is 0 Å². The monoisotopic (exact) mass is 293 g/mol. The summed E-state index contributed by atoms with van der Waals surface area (Å²) in [5.74, 6) is -0.180. The van der Waals surface area contributed by atoms with E-state index in [0.717, 1.165) is 18.5 Å². The van der Waals surface area contributed by atoms with E-state index in [-0.39, 0.29) is 5.75 Å². The van der Waals surface area contributed by atoms with Gasteiger partial charge in [-0.25, -0.2) is 4.39 Å². The molecule has 3 N–H and O–H groups in total. The van der Waals surface area contributed by atoms with Crippen molar-refractivity contribution in [3.63, 3.8) is 0 Å². The van der Waals surface area contributed by atoms with Crippen LogP contribution in [0.5, 0.6) is 5.75 Å². The molecule has 116 valence electrons. The van der Waals surface area contributed by atoms with Crippen LogP contribution in [0.4, 0.5) is 15.8 Å². The summed E-state index contributed by atoms with van der Waals surface area (Å²) in [5.41, 5.74) is 7.16. The zero-order valence-electron chi connectivity index (χ0n) is 12.7. The van der Waals surface area contributed by atoms with Gasteiger partial charge in [-0.1, -0.05) is 6.42 Å². The summed E-state index contributed by atoms with van der Waals surface area (Å²) in [4.78, 5) is 2.52. The van der Waals surface area contributed by atoms with E-state index in [1.807, 2.05) is 0 Å². The van der Waals surface area contributed by atoms with E-state index in [4.69, 9.17) is 10.5 Å². The van der Waals surface area contributed by atoms with Crippen LogP contribution >= 0.6 is 0 Å². The van der Waals surface area contributed by atoms with Crippen molar-refractivity contribution in [2.24, 2.45) is 0 Å². The van der Waals surface area contributed by atoms with E-state index in [2.05, 4.69) is 17.3 Å². The van der Waals surface area contributed by atoms with Gasteiger partial charge in [0.25, 0.3) is 0 Å². The number of nitrogens with one attached hydrogen (secondary N) is 1. The Morgan fingerprint density at radius 2 is 1.95 bits per heavy atom. The van der Waals surface area contributed by atoms with Crippen LogP contribution in [0.1, 0.15) is 32.1 Å². The topological polar surface area (TPSA) is 50.5 Å². The molecule has 2 heterocycles. The Kier molecular flexibility index (Phi) is 3.93. The Bertz CT molecular complexity index is 508. The van der Waals surface area contributed by atoms with Crippen molar-refractivity contribution in [1.82, 2.24) is 4.90 Å². The zero-order chi connectivity index (χ0) is 15.0. The van der Waals surface area contributed by atoms with Crippen LogP contribution in [-0.4, -0.2) is 37.2 Å². The number of ether oxygens (including phenoxy) is 1. The molecule has 2 fully saturated rings. The number of fused-ring (bicyclic) bond motifs is 2. The molecular weight excluding hydrogens is 269 g/mol. The van der Waals surface area contributed by atoms with Gasteiger partial charge < -0.3 is 20.7 Å². The van der Waals surface area contributed by atoms with Gasteiger partial charge in [0.15, 0.2) is 11.6 Å². The van der Waals surface area contributed by atoms with Crippen LogP contribution in [-0.2, 0) is 0 Å². The van der Waals surface area contributed by atoms with Gasteiger partial charge in [-0.2, -0.15) is 0 Å². The maximum Gasteiger partial charge on any atom is 0.167 e. The van der Waals surface area contributed by atoms with Gasteiger partial charge in [-0.05, 0) is 32.7 Å².